The summed E-state index contributed by atoms with van der Waals surface area (Å²) in [7, 11) is 0. The highest BCUT2D eigenvalue weighted by Gasteiger charge is 2.10. The number of aromatic nitrogens is 4. The number of hydrogen-bond acceptors (Lipinski definition) is 7. The molecule has 0 unspecified atom stereocenters. The van der Waals surface area contributed by atoms with Gasteiger partial charge < -0.3 is 0 Å². The van der Waals surface area contributed by atoms with E-state index < -0.39 is 0 Å². The van der Waals surface area contributed by atoms with Gasteiger partial charge in [0, 0.05) is 5.56 Å². The van der Waals surface area contributed by atoms with Crippen LogP contribution in [0.3, 0.4) is 0 Å². The lowest BCUT2D eigenvalue weighted by molar-refractivity contribution is -0.113. The summed E-state index contributed by atoms with van der Waals surface area (Å²) in [6.07, 6.45) is 0. The number of hydrogen-bond donors (Lipinski definition) is 1. The highest BCUT2D eigenvalue weighted by atomic mass is 32.2. The molecule has 0 aliphatic carbocycles. The van der Waals surface area contributed by atoms with Crippen LogP contribution in [0.25, 0.3) is 11.3 Å². The van der Waals surface area contributed by atoms with Crippen LogP contribution in [-0.2, 0) is 4.79 Å². The van der Waals surface area contributed by atoms with Crippen molar-refractivity contribution in [3.63, 3.8) is 0 Å². The third-order valence-electron chi connectivity index (χ3n) is 3.88. The molecule has 0 saturated carbocycles. The average molecular weight is 386 g/mol. The zero-order chi connectivity index (χ0) is 18.7. The standard InChI is InChI=1S/C18H19N5OS2/c1-10-7-12(3)14(8-11(10)2)15-5-6-17(22-21-15)25-9-16(24)19-18-23-20-13(4)26-18/h5-8H,9H2,1-4H3,(H,19,23,24). The molecule has 8 heteroatoms. The van der Waals surface area contributed by atoms with Gasteiger partial charge in [-0.3, -0.25) is 10.1 Å². The molecule has 0 bridgehead atoms. The third-order valence-corrected chi connectivity index (χ3v) is 5.55. The molecule has 0 fully saturated rings. The van der Waals surface area contributed by atoms with E-state index >= 15 is 0 Å². The summed E-state index contributed by atoms with van der Waals surface area (Å²) in [5, 5.41) is 21.1. The fraction of sp³-hybridized carbons (Fsp3) is 0.278. The van der Waals surface area contributed by atoms with Crippen LogP contribution in [0.15, 0.2) is 29.3 Å². The maximum atomic E-state index is 12.0. The van der Waals surface area contributed by atoms with E-state index in [4.69, 9.17) is 0 Å². The zero-order valence-corrected chi connectivity index (χ0v) is 16.7. The molecular formula is C18H19N5OS2. The summed E-state index contributed by atoms with van der Waals surface area (Å²) in [5.74, 6) is 0.108. The lowest BCUT2D eigenvalue weighted by atomic mass is 9.99. The van der Waals surface area contributed by atoms with E-state index in [0.29, 0.717) is 10.2 Å². The number of carbonyl (C=O) groups is 1. The number of anilines is 1. The Morgan fingerprint density at radius 3 is 2.42 bits per heavy atom. The second-order valence-corrected chi connectivity index (χ2v) is 8.15. The van der Waals surface area contributed by atoms with E-state index in [9.17, 15) is 4.79 Å². The molecule has 1 amide bonds. The van der Waals surface area contributed by atoms with E-state index in [1.807, 2.05) is 19.1 Å². The van der Waals surface area contributed by atoms with E-state index in [-0.39, 0.29) is 11.7 Å². The molecule has 0 saturated heterocycles. The van der Waals surface area contributed by atoms with Crippen LogP contribution in [-0.4, -0.2) is 32.1 Å². The number of rotatable bonds is 5. The minimum atomic E-state index is -0.137. The molecule has 6 nitrogen and oxygen atoms in total. The van der Waals surface area contributed by atoms with Crippen molar-refractivity contribution < 1.29 is 4.79 Å². The van der Waals surface area contributed by atoms with Gasteiger partial charge in [0.25, 0.3) is 0 Å². The number of nitrogens with one attached hydrogen (secondary N) is 1. The van der Waals surface area contributed by atoms with Crippen molar-refractivity contribution in [1.82, 2.24) is 20.4 Å². The Morgan fingerprint density at radius 1 is 1.00 bits per heavy atom. The molecule has 134 valence electrons. The number of nitrogens with zero attached hydrogens (tertiary/aromatic N) is 4. The predicted molar refractivity (Wildman–Crippen MR) is 106 cm³/mol. The van der Waals surface area contributed by atoms with Crippen LogP contribution in [0, 0.1) is 27.7 Å². The minimum Gasteiger partial charge on any atom is -0.300 e. The second kappa shape index (κ2) is 7.92. The Balaban J connectivity index is 1.63. The van der Waals surface area contributed by atoms with Crippen molar-refractivity contribution >= 4 is 34.1 Å². The summed E-state index contributed by atoms with van der Waals surface area (Å²) in [6.45, 7) is 8.11. The lowest BCUT2D eigenvalue weighted by Crippen LogP contribution is -2.14. The monoisotopic (exact) mass is 385 g/mol. The van der Waals surface area contributed by atoms with Gasteiger partial charge in [0.15, 0.2) is 0 Å². The minimum absolute atomic E-state index is 0.137. The molecular weight excluding hydrogens is 366 g/mol. The second-order valence-electron chi connectivity index (χ2n) is 5.97. The van der Waals surface area contributed by atoms with Crippen molar-refractivity contribution in [3.8, 4) is 11.3 Å². The smallest absolute Gasteiger partial charge is 0.236 e. The summed E-state index contributed by atoms with van der Waals surface area (Å²) in [4.78, 5) is 12.0. The van der Waals surface area contributed by atoms with Gasteiger partial charge in [0.1, 0.15) is 10.0 Å². The fourth-order valence-corrected chi connectivity index (χ4v) is 3.64. The van der Waals surface area contributed by atoms with Crippen molar-refractivity contribution in [3.05, 3.63) is 46.0 Å². The summed E-state index contributed by atoms with van der Waals surface area (Å²) in [5.41, 5.74) is 5.59. The average Bonchev–Trinajstić information content (AvgIpc) is 3.01. The number of amides is 1. The number of benzene rings is 1. The van der Waals surface area contributed by atoms with Crippen LogP contribution >= 0.6 is 23.1 Å². The lowest BCUT2D eigenvalue weighted by Gasteiger charge is -2.09. The first kappa shape index (κ1) is 18.5. The van der Waals surface area contributed by atoms with Gasteiger partial charge in [0.2, 0.25) is 11.0 Å². The first-order valence-corrected chi connectivity index (χ1v) is 9.87. The van der Waals surface area contributed by atoms with E-state index in [2.05, 4.69) is 58.6 Å². The van der Waals surface area contributed by atoms with Crippen LogP contribution in [0.4, 0.5) is 5.13 Å². The number of thioether (sulfide) groups is 1. The van der Waals surface area contributed by atoms with E-state index in [1.165, 1.54) is 39.8 Å². The van der Waals surface area contributed by atoms with Crippen molar-refractivity contribution in [1.29, 1.82) is 0 Å². The van der Waals surface area contributed by atoms with Gasteiger partial charge >= 0.3 is 0 Å². The van der Waals surface area contributed by atoms with Crippen molar-refractivity contribution in [2.75, 3.05) is 11.1 Å². The molecule has 0 radical (unpaired) electrons. The predicted octanol–water partition coefficient (Wildman–Crippen LogP) is 3.96. The van der Waals surface area contributed by atoms with Gasteiger partial charge in [-0.2, -0.15) is 0 Å². The first-order valence-electron chi connectivity index (χ1n) is 8.07. The first-order chi connectivity index (χ1) is 12.4. The van der Waals surface area contributed by atoms with Crippen molar-refractivity contribution in [2.24, 2.45) is 0 Å². The Kier molecular flexibility index (Phi) is 5.63. The number of carbonyl (C=O) groups excluding carboxylic acids is 1. The molecule has 26 heavy (non-hydrogen) atoms. The Morgan fingerprint density at radius 2 is 1.77 bits per heavy atom. The topological polar surface area (TPSA) is 80.7 Å². The third kappa shape index (κ3) is 4.44. The number of aryl methyl sites for hydroxylation is 4. The summed E-state index contributed by atoms with van der Waals surface area (Å²) < 4.78 is 0. The molecule has 3 aromatic rings. The van der Waals surface area contributed by atoms with Gasteiger partial charge in [-0.15, -0.1) is 20.4 Å². The molecule has 3 rings (SSSR count). The quantitative estimate of drug-likeness (QED) is 0.670. The highest BCUT2D eigenvalue weighted by Crippen LogP contribution is 2.26. The normalized spacial score (nSPS) is 10.8. The van der Waals surface area contributed by atoms with Gasteiger partial charge in [-0.1, -0.05) is 29.2 Å². The van der Waals surface area contributed by atoms with Crippen LogP contribution < -0.4 is 5.32 Å². The van der Waals surface area contributed by atoms with Gasteiger partial charge in [-0.05, 0) is 62.6 Å². The van der Waals surface area contributed by atoms with Gasteiger partial charge in [0.05, 0.1) is 11.4 Å². The Labute approximate surface area is 160 Å². The van der Waals surface area contributed by atoms with Crippen LogP contribution in [0.2, 0.25) is 0 Å². The fourth-order valence-electron chi connectivity index (χ4n) is 2.42. The Hall–Kier alpha value is -2.32. The SMILES string of the molecule is Cc1nnc(NC(=O)CSc2ccc(-c3cc(C)c(C)cc3C)nn2)s1. The molecule has 2 aromatic heterocycles. The van der Waals surface area contributed by atoms with Gasteiger partial charge in [-0.25, -0.2) is 0 Å². The molecule has 2 heterocycles. The van der Waals surface area contributed by atoms with Crippen molar-refractivity contribution in [2.45, 2.75) is 32.7 Å². The summed E-state index contributed by atoms with van der Waals surface area (Å²) in [6, 6.07) is 8.13. The maximum absolute atomic E-state index is 12.0. The van der Waals surface area contributed by atoms with E-state index in [0.717, 1.165) is 16.3 Å². The van der Waals surface area contributed by atoms with E-state index in [1.54, 1.807) is 0 Å². The highest BCUT2D eigenvalue weighted by molar-refractivity contribution is 7.99. The Bertz CT molecular complexity index is 937. The van der Waals surface area contributed by atoms with Crippen LogP contribution in [0.1, 0.15) is 21.7 Å². The molecule has 0 aliphatic heterocycles. The molecule has 1 aromatic carbocycles. The zero-order valence-electron chi connectivity index (χ0n) is 15.0. The molecule has 0 atom stereocenters. The summed E-state index contributed by atoms with van der Waals surface area (Å²) >= 11 is 2.69. The molecule has 0 aliphatic rings. The maximum Gasteiger partial charge on any atom is 0.236 e. The van der Waals surface area contributed by atoms with Crippen LogP contribution in [0.5, 0.6) is 0 Å². The molecule has 0 spiro atoms. The molecule has 1 N–H and O–H groups in total. The largest absolute Gasteiger partial charge is 0.300 e.